The van der Waals surface area contributed by atoms with Gasteiger partial charge in [-0.05, 0) is 27.8 Å². The SMILES string of the molecule is N[C@](CC(=O)O)(C(=O)OCC1c2ccccc2-c2ccccc21)c1cccc([N+](=O)[O-])c1. The number of nitrogens with two attached hydrogens (primary N) is 1. The molecule has 32 heavy (non-hydrogen) atoms. The van der Waals surface area contributed by atoms with Crippen molar-refractivity contribution in [2.45, 2.75) is 17.9 Å². The molecule has 162 valence electrons. The molecular formula is C24H20N2O6. The molecule has 3 aromatic rings. The van der Waals surface area contributed by atoms with Gasteiger partial charge < -0.3 is 15.6 Å². The largest absolute Gasteiger partial charge is 0.481 e. The predicted octanol–water partition coefficient (Wildman–Crippen LogP) is 3.58. The van der Waals surface area contributed by atoms with Crippen molar-refractivity contribution in [3.63, 3.8) is 0 Å². The third kappa shape index (κ3) is 3.72. The molecule has 3 aromatic carbocycles. The zero-order valence-electron chi connectivity index (χ0n) is 16.9. The molecule has 3 N–H and O–H groups in total. The average molecular weight is 432 g/mol. The van der Waals surface area contributed by atoms with E-state index in [2.05, 4.69) is 0 Å². The lowest BCUT2D eigenvalue weighted by Gasteiger charge is -2.27. The molecule has 1 atom stereocenters. The van der Waals surface area contributed by atoms with Crippen molar-refractivity contribution in [3.8, 4) is 11.1 Å². The van der Waals surface area contributed by atoms with Crippen molar-refractivity contribution in [1.82, 2.24) is 0 Å². The monoisotopic (exact) mass is 432 g/mol. The summed E-state index contributed by atoms with van der Waals surface area (Å²) in [6.07, 6.45) is -0.773. The van der Waals surface area contributed by atoms with Crippen molar-refractivity contribution in [2.75, 3.05) is 6.61 Å². The smallest absolute Gasteiger partial charge is 0.331 e. The quantitative estimate of drug-likeness (QED) is 0.331. The van der Waals surface area contributed by atoms with Crippen LogP contribution in [0.1, 0.15) is 29.0 Å². The number of aliphatic carboxylic acids is 1. The van der Waals surface area contributed by atoms with Crippen LogP contribution < -0.4 is 5.73 Å². The van der Waals surface area contributed by atoms with Crippen LogP contribution in [-0.4, -0.2) is 28.6 Å². The molecule has 0 heterocycles. The number of carbonyl (C=O) groups is 2. The maximum Gasteiger partial charge on any atom is 0.331 e. The lowest BCUT2D eigenvalue weighted by Crippen LogP contribution is -2.48. The van der Waals surface area contributed by atoms with E-state index in [0.29, 0.717) is 0 Å². The minimum Gasteiger partial charge on any atom is -0.481 e. The maximum atomic E-state index is 13.1. The second kappa shape index (κ2) is 8.24. The van der Waals surface area contributed by atoms with Gasteiger partial charge in [-0.1, -0.05) is 60.7 Å². The van der Waals surface area contributed by atoms with Gasteiger partial charge in [-0.15, -0.1) is 0 Å². The molecule has 4 rings (SSSR count). The summed E-state index contributed by atoms with van der Waals surface area (Å²) in [5, 5.41) is 20.5. The molecular weight excluding hydrogens is 412 g/mol. The van der Waals surface area contributed by atoms with Crippen LogP contribution in [0.4, 0.5) is 5.69 Å². The minimum absolute atomic E-state index is 0.00585. The molecule has 8 heteroatoms. The first-order valence-electron chi connectivity index (χ1n) is 9.92. The molecule has 0 saturated carbocycles. The summed E-state index contributed by atoms with van der Waals surface area (Å²) >= 11 is 0. The lowest BCUT2D eigenvalue weighted by atomic mass is 9.87. The van der Waals surface area contributed by atoms with Crippen molar-refractivity contribution < 1.29 is 24.4 Å². The summed E-state index contributed by atoms with van der Waals surface area (Å²) in [5.41, 5.74) is 7.96. The summed E-state index contributed by atoms with van der Waals surface area (Å²) < 4.78 is 5.56. The van der Waals surface area contributed by atoms with Gasteiger partial charge in [0.2, 0.25) is 0 Å². The van der Waals surface area contributed by atoms with Gasteiger partial charge in [0.25, 0.3) is 5.69 Å². The number of carbonyl (C=O) groups excluding carboxylic acids is 1. The highest BCUT2D eigenvalue weighted by molar-refractivity contribution is 5.88. The van der Waals surface area contributed by atoms with Gasteiger partial charge in [-0.3, -0.25) is 14.9 Å². The summed E-state index contributed by atoms with van der Waals surface area (Å²) in [6.45, 7) is -0.0413. The number of benzene rings is 3. The van der Waals surface area contributed by atoms with Crippen molar-refractivity contribution in [1.29, 1.82) is 0 Å². The van der Waals surface area contributed by atoms with E-state index in [1.807, 2.05) is 48.5 Å². The molecule has 0 radical (unpaired) electrons. The first-order chi connectivity index (χ1) is 15.3. The number of ether oxygens (including phenoxy) is 1. The Morgan fingerprint density at radius 2 is 1.59 bits per heavy atom. The Bertz CT molecular complexity index is 1180. The summed E-state index contributed by atoms with van der Waals surface area (Å²) in [5.74, 6) is -2.51. The maximum absolute atomic E-state index is 13.1. The molecule has 0 fully saturated rings. The molecule has 0 saturated heterocycles. The van der Waals surface area contributed by atoms with Crippen molar-refractivity contribution >= 4 is 17.6 Å². The van der Waals surface area contributed by atoms with Crippen LogP contribution in [0.15, 0.2) is 72.8 Å². The van der Waals surface area contributed by atoms with E-state index in [9.17, 15) is 24.8 Å². The third-order valence-corrected chi connectivity index (χ3v) is 5.71. The van der Waals surface area contributed by atoms with Gasteiger partial charge >= 0.3 is 11.9 Å². The van der Waals surface area contributed by atoms with Gasteiger partial charge in [0.05, 0.1) is 11.3 Å². The number of non-ortho nitro benzene ring substituents is 1. The van der Waals surface area contributed by atoms with Gasteiger partial charge in [-0.2, -0.15) is 0 Å². The fourth-order valence-corrected chi connectivity index (χ4v) is 4.15. The second-order valence-corrected chi connectivity index (χ2v) is 7.67. The highest BCUT2D eigenvalue weighted by Gasteiger charge is 2.42. The number of nitrogens with zero attached hydrogens (tertiary/aromatic N) is 1. The van der Waals surface area contributed by atoms with E-state index in [-0.39, 0.29) is 23.8 Å². The number of carboxylic acid groups (broad SMARTS) is 1. The van der Waals surface area contributed by atoms with Gasteiger partial charge in [0.1, 0.15) is 6.61 Å². The topological polar surface area (TPSA) is 133 Å². The Kier molecular flexibility index (Phi) is 5.46. The zero-order chi connectivity index (χ0) is 22.9. The third-order valence-electron chi connectivity index (χ3n) is 5.71. The Hall–Kier alpha value is -4.04. The van der Waals surface area contributed by atoms with E-state index >= 15 is 0 Å². The Morgan fingerprint density at radius 1 is 1.00 bits per heavy atom. The number of hydrogen-bond donors (Lipinski definition) is 2. The fraction of sp³-hybridized carbons (Fsp3) is 0.167. The molecule has 1 aliphatic rings. The number of nitro benzene ring substituents is 1. The number of rotatable bonds is 7. The molecule has 1 aliphatic carbocycles. The Balaban J connectivity index is 1.63. The van der Waals surface area contributed by atoms with Gasteiger partial charge in [-0.25, -0.2) is 4.79 Å². The van der Waals surface area contributed by atoms with Gasteiger partial charge in [0, 0.05) is 18.1 Å². The normalized spacial score (nSPS) is 14.2. The molecule has 8 nitrogen and oxygen atoms in total. The van der Waals surface area contributed by atoms with Crippen LogP contribution in [0.5, 0.6) is 0 Å². The van der Waals surface area contributed by atoms with Crippen LogP contribution in [0.2, 0.25) is 0 Å². The molecule has 0 bridgehead atoms. The number of nitro groups is 1. The molecule has 0 spiro atoms. The van der Waals surface area contributed by atoms with Crippen molar-refractivity contribution in [3.05, 3.63) is 99.6 Å². The zero-order valence-corrected chi connectivity index (χ0v) is 16.9. The highest BCUT2D eigenvalue weighted by atomic mass is 16.6. The van der Waals surface area contributed by atoms with Crippen LogP contribution in [0.3, 0.4) is 0 Å². The van der Waals surface area contributed by atoms with Crippen molar-refractivity contribution in [2.24, 2.45) is 5.73 Å². The van der Waals surface area contributed by atoms with Crippen LogP contribution >= 0.6 is 0 Å². The fourth-order valence-electron chi connectivity index (χ4n) is 4.15. The van der Waals surface area contributed by atoms with E-state index < -0.39 is 28.8 Å². The van der Waals surface area contributed by atoms with Crippen LogP contribution in [0.25, 0.3) is 11.1 Å². The molecule has 0 aromatic heterocycles. The number of hydrogen-bond acceptors (Lipinski definition) is 6. The van der Waals surface area contributed by atoms with E-state index in [1.165, 1.54) is 18.2 Å². The van der Waals surface area contributed by atoms with E-state index in [4.69, 9.17) is 10.5 Å². The number of fused-ring (bicyclic) bond motifs is 3. The summed E-state index contributed by atoms with van der Waals surface area (Å²) in [6, 6.07) is 20.7. The molecule has 0 unspecified atom stereocenters. The summed E-state index contributed by atoms with van der Waals surface area (Å²) in [7, 11) is 0. The van der Waals surface area contributed by atoms with Crippen LogP contribution in [-0.2, 0) is 19.9 Å². The lowest BCUT2D eigenvalue weighted by molar-refractivity contribution is -0.385. The summed E-state index contributed by atoms with van der Waals surface area (Å²) in [4.78, 5) is 35.1. The first kappa shape index (κ1) is 21.2. The van der Waals surface area contributed by atoms with E-state index in [1.54, 1.807) is 0 Å². The molecule has 0 aliphatic heterocycles. The second-order valence-electron chi connectivity index (χ2n) is 7.67. The standard InChI is InChI=1S/C24H20N2O6/c25-24(13-22(27)28,15-6-5-7-16(12-15)26(30)31)23(29)32-14-21-19-10-3-1-8-17(19)18-9-2-4-11-20(18)21/h1-12,21H,13-14,25H2,(H,27,28)/t24-/m0/s1. The number of carboxylic acids is 1. The predicted molar refractivity (Wildman–Crippen MR) is 116 cm³/mol. The Morgan fingerprint density at radius 3 is 2.16 bits per heavy atom. The van der Waals surface area contributed by atoms with Crippen LogP contribution in [0, 0.1) is 10.1 Å². The minimum atomic E-state index is -2.07. The first-order valence-corrected chi connectivity index (χ1v) is 9.92. The average Bonchev–Trinajstić information content (AvgIpc) is 3.10. The van der Waals surface area contributed by atoms with Gasteiger partial charge in [0.15, 0.2) is 5.54 Å². The Labute approximate surface area is 183 Å². The highest BCUT2D eigenvalue weighted by Crippen LogP contribution is 2.44. The van der Waals surface area contributed by atoms with E-state index in [0.717, 1.165) is 28.3 Å². The molecule has 0 amide bonds. The number of esters is 1.